The van der Waals surface area contributed by atoms with E-state index in [9.17, 15) is 0 Å². The fourth-order valence-electron chi connectivity index (χ4n) is 3.10. The lowest BCUT2D eigenvalue weighted by Gasteiger charge is -2.21. The minimum Gasteiger partial charge on any atom is -0.315 e. The standard InChI is InChI=1S/C13H23N3/c1-5-11-9(2)15-16(10(11)3)13-8-6-7-12(13)14-4/h12-14H,5-8H2,1-4H3. The molecule has 2 atom stereocenters. The van der Waals surface area contributed by atoms with Crippen molar-refractivity contribution < 1.29 is 0 Å². The zero-order chi connectivity index (χ0) is 11.7. The van der Waals surface area contributed by atoms with Crippen LogP contribution in [-0.2, 0) is 6.42 Å². The van der Waals surface area contributed by atoms with Crippen LogP contribution in [0.25, 0.3) is 0 Å². The summed E-state index contributed by atoms with van der Waals surface area (Å²) < 4.78 is 2.27. The van der Waals surface area contributed by atoms with Crippen LogP contribution < -0.4 is 5.32 Å². The maximum atomic E-state index is 4.74. The Labute approximate surface area is 98.2 Å². The molecule has 0 aromatic carbocycles. The van der Waals surface area contributed by atoms with E-state index >= 15 is 0 Å². The highest BCUT2D eigenvalue weighted by molar-refractivity contribution is 5.25. The van der Waals surface area contributed by atoms with Gasteiger partial charge in [0.05, 0.1) is 11.7 Å². The van der Waals surface area contributed by atoms with E-state index in [0.29, 0.717) is 12.1 Å². The first-order valence-corrected chi connectivity index (χ1v) is 6.40. The predicted octanol–water partition coefficient (Wildman–Crippen LogP) is 2.38. The first kappa shape index (κ1) is 11.6. The quantitative estimate of drug-likeness (QED) is 0.849. The Morgan fingerprint density at radius 1 is 1.38 bits per heavy atom. The number of aromatic nitrogens is 2. The molecule has 16 heavy (non-hydrogen) atoms. The van der Waals surface area contributed by atoms with E-state index in [1.165, 1.54) is 36.2 Å². The first-order valence-electron chi connectivity index (χ1n) is 6.40. The van der Waals surface area contributed by atoms with E-state index in [2.05, 4.69) is 37.8 Å². The van der Waals surface area contributed by atoms with Crippen LogP contribution in [-0.4, -0.2) is 22.9 Å². The summed E-state index contributed by atoms with van der Waals surface area (Å²) in [5.74, 6) is 0. The summed E-state index contributed by atoms with van der Waals surface area (Å²) in [6.07, 6.45) is 4.95. The van der Waals surface area contributed by atoms with Gasteiger partial charge in [0, 0.05) is 11.7 Å². The van der Waals surface area contributed by atoms with Gasteiger partial charge in [-0.2, -0.15) is 5.10 Å². The maximum absolute atomic E-state index is 4.74. The van der Waals surface area contributed by atoms with Crippen LogP contribution >= 0.6 is 0 Å². The zero-order valence-electron chi connectivity index (χ0n) is 10.9. The molecular formula is C13H23N3. The Balaban J connectivity index is 2.33. The molecule has 1 fully saturated rings. The molecule has 2 unspecified atom stereocenters. The van der Waals surface area contributed by atoms with Gasteiger partial charge >= 0.3 is 0 Å². The van der Waals surface area contributed by atoms with E-state index in [4.69, 9.17) is 5.10 Å². The van der Waals surface area contributed by atoms with Gasteiger partial charge in [0.15, 0.2) is 0 Å². The fourth-order valence-corrected chi connectivity index (χ4v) is 3.10. The minimum absolute atomic E-state index is 0.559. The van der Waals surface area contributed by atoms with Crippen molar-refractivity contribution in [2.45, 2.75) is 58.5 Å². The van der Waals surface area contributed by atoms with Gasteiger partial charge in [-0.05, 0) is 52.1 Å². The second-order valence-electron chi connectivity index (χ2n) is 4.84. The maximum Gasteiger partial charge on any atom is 0.0675 e. The smallest absolute Gasteiger partial charge is 0.0675 e. The summed E-state index contributed by atoms with van der Waals surface area (Å²) in [5, 5.41) is 8.16. The number of likely N-dealkylation sites (N-methyl/N-ethyl adjacent to an activating group) is 1. The number of nitrogens with one attached hydrogen (secondary N) is 1. The van der Waals surface area contributed by atoms with Crippen molar-refractivity contribution in [3.63, 3.8) is 0 Å². The molecule has 1 heterocycles. The molecule has 1 aromatic heterocycles. The Hall–Kier alpha value is -0.830. The third-order valence-corrected chi connectivity index (χ3v) is 3.99. The highest BCUT2D eigenvalue weighted by Gasteiger charge is 2.29. The SMILES string of the molecule is CCc1c(C)nn(C2CCCC2NC)c1C. The molecule has 0 aliphatic heterocycles. The van der Waals surface area contributed by atoms with E-state index in [1.807, 2.05) is 0 Å². The van der Waals surface area contributed by atoms with Crippen molar-refractivity contribution in [3.8, 4) is 0 Å². The molecular weight excluding hydrogens is 198 g/mol. The van der Waals surface area contributed by atoms with Gasteiger partial charge in [0.25, 0.3) is 0 Å². The van der Waals surface area contributed by atoms with Crippen molar-refractivity contribution in [1.82, 2.24) is 15.1 Å². The van der Waals surface area contributed by atoms with Crippen molar-refractivity contribution >= 4 is 0 Å². The second kappa shape index (κ2) is 4.58. The summed E-state index contributed by atoms with van der Waals surface area (Å²) in [6, 6.07) is 1.16. The predicted molar refractivity (Wildman–Crippen MR) is 66.8 cm³/mol. The Kier molecular flexibility index (Phi) is 3.33. The molecule has 0 saturated heterocycles. The van der Waals surface area contributed by atoms with Crippen LogP contribution in [0.15, 0.2) is 0 Å². The first-order chi connectivity index (χ1) is 7.69. The number of hydrogen-bond donors (Lipinski definition) is 1. The molecule has 1 aliphatic carbocycles. The summed E-state index contributed by atoms with van der Waals surface area (Å²) >= 11 is 0. The molecule has 0 amide bonds. The molecule has 1 aliphatic rings. The Morgan fingerprint density at radius 2 is 2.12 bits per heavy atom. The lowest BCUT2D eigenvalue weighted by molar-refractivity contribution is 0.376. The van der Waals surface area contributed by atoms with Crippen molar-refractivity contribution in [2.24, 2.45) is 0 Å². The van der Waals surface area contributed by atoms with E-state index in [1.54, 1.807) is 0 Å². The van der Waals surface area contributed by atoms with Gasteiger partial charge in [-0.15, -0.1) is 0 Å². The lowest BCUT2D eigenvalue weighted by atomic mass is 10.1. The summed E-state index contributed by atoms with van der Waals surface area (Å²) in [4.78, 5) is 0. The van der Waals surface area contributed by atoms with Crippen LogP contribution in [0.2, 0.25) is 0 Å². The number of rotatable bonds is 3. The van der Waals surface area contributed by atoms with E-state index in [-0.39, 0.29) is 0 Å². The van der Waals surface area contributed by atoms with Crippen molar-refractivity contribution in [3.05, 3.63) is 17.0 Å². The Morgan fingerprint density at radius 3 is 2.69 bits per heavy atom. The van der Waals surface area contributed by atoms with Gasteiger partial charge in [0.2, 0.25) is 0 Å². The van der Waals surface area contributed by atoms with Crippen molar-refractivity contribution in [1.29, 1.82) is 0 Å². The van der Waals surface area contributed by atoms with Crippen LogP contribution in [0.1, 0.15) is 49.2 Å². The van der Waals surface area contributed by atoms with Gasteiger partial charge in [0.1, 0.15) is 0 Å². The van der Waals surface area contributed by atoms with Crippen LogP contribution in [0, 0.1) is 13.8 Å². The van der Waals surface area contributed by atoms with Gasteiger partial charge in [-0.1, -0.05) is 6.92 Å². The monoisotopic (exact) mass is 221 g/mol. The average Bonchev–Trinajstić information content (AvgIpc) is 2.83. The molecule has 0 spiro atoms. The summed E-state index contributed by atoms with van der Waals surface area (Å²) in [5.41, 5.74) is 4.01. The topological polar surface area (TPSA) is 29.9 Å². The molecule has 2 rings (SSSR count). The molecule has 0 bridgehead atoms. The van der Waals surface area contributed by atoms with E-state index < -0.39 is 0 Å². The van der Waals surface area contributed by atoms with Crippen LogP contribution in [0.5, 0.6) is 0 Å². The van der Waals surface area contributed by atoms with Gasteiger partial charge in [-0.3, -0.25) is 4.68 Å². The zero-order valence-corrected chi connectivity index (χ0v) is 10.9. The highest BCUT2D eigenvalue weighted by atomic mass is 15.3. The van der Waals surface area contributed by atoms with E-state index in [0.717, 1.165) is 6.42 Å². The largest absolute Gasteiger partial charge is 0.315 e. The fraction of sp³-hybridized carbons (Fsp3) is 0.769. The highest BCUT2D eigenvalue weighted by Crippen LogP contribution is 2.31. The normalized spacial score (nSPS) is 25.2. The second-order valence-corrected chi connectivity index (χ2v) is 4.84. The summed E-state index contributed by atoms with van der Waals surface area (Å²) in [7, 11) is 2.06. The third-order valence-electron chi connectivity index (χ3n) is 3.99. The third kappa shape index (κ3) is 1.77. The van der Waals surface area contributed by atoms with Crippen LogP contribution in [0.4, 0.5) is 0 Å². The minimum atomic E-state index is 0.559. The summed E-state index contributed by atoms with van der Waals surface area (Å²) in [6.45, 7) is 6.56. The average molecular weight is 221 g/mol. The number of aryl methyl sites for hydroxylation is 1. The van der Waals surface area contributed by atoms with Gasteiger partial charge < -0.3 is 5.32 Å². The Bertz CT molecular complexity index is 367. The molecule has 1 saturated carbocycles. The number of hydrogen-bond acceptors (Lipinski definition) is 2. The molecule has 3 nitrogen and oxygen atoms in total. The van der Waals surface area contributed by atoms with Crippen LogP contribution in [0.3, 0.4) is 0 Å². The molecule has 0 radical (unpaired) electrons. The number of nitrogens with zero attached hydrogens (tertiary/aromatic N) is 2. The molecule has 1 N–H and O–H groups in total. The van der Waals surface area contributed by atoms with Gasteiger partial charge in [-0.25, -0.2) is 0 Å². The molecule has 1 aromatic rings. The molecule has 3 heteroatoms. The lowest BCUT2D eigenvalue weighted by Crippen LogP contribution is -2.31. The molecule has 90 valence electrons. The van der Waals surface area contributed by atoms with Crippen molar-refractivity contribution in [2.75, 3.05) is 7.05 Å².